The summed E-state index contributed by atoms with van der Waals surface area (Å²) in [5, 5.41) is 1.04. The molecule has 3 heterocycles. The Morgan fingerprint density at radius 1 is 1.50 bits per heavy atom. The maximum Gasteiger partial charge on any atom is 0.320 e. The largest absolute Gasteiger partial charge is 0.442 e. The van der Waals surface area contributed by atoms with Crippen LogP contribution < -0.4 is 0 Å². The lowest BCUT2D eigenvalue weighted by Gasteiger charge is -1.88. The number of hydrogen-bond acceptors (Lipinski definition) is 4. The van der Waals surface area contributed by atoms with Gasteiger partial charge in [-0.05, 0) is 0 Å². The summed E-state index contributed by atoms with van der Waals surface area (Å²) in [5.74, 6) is 1.27. The zero-order valence-corrected chi connectivity index (χ0v) is 5.38. The first-order valence-corrected chi connectivity index (χ1v) is 4.06. The second-order valence-corrected chi connectivity index (χ2v) is 3.68. The predicted molar refractivity (Wildman–Crippen MR) is 28.0 cm³/mol. The Morgan fingerprint density at radius 3 is 3.10 bits per heavy atom. The Bertz CT molecular complexity index is 387. The third-order valence-corrected chi connectivity index (χ3v) is 2.59. The van der Waals surface area contributed by atoms with Crippen LogP contribution >= 0.6 is 0 Å². The third kappa shape index (κ3) is 0.348. The van der Waals surface area contributed by atoms with Crippen molar-refractivity contribution in [3.8, 4) is 0 Å². The quantitative estimate of drug-likeness (QED) is 0.452. The number of ether oxygens (including phenoxy) is 1. The third-order valence-electron chi connectivity index (χ3n) is 1.38. The number of fused-ring (bicyclic) bond motifs is 2. The summed E-state index contributed by atoms with van der Waals surface area (Å²) < 4.78 is 27.3. The fraction of sp³-hybridized carbons (Fsp3) is 0. The smallest absolute Gasteiger partial charge is 0.320 e. The van der Waals surface area contributed by atoms with Crippen molar-refractivity contribution in [2.75, 3.05) is 0 Å². The van der Waals surface area contributed by atoms with E-state index < -0.39 is 10.0 Å². The molecule has 3 rings (SSSR count). The Balaban J connectivity index is 2.36. The van der Waals surface area contributed by atoms with Crippen LogP contribution in [0.25, 0.3) is 0 Å². The van der Waals surface area contributed by atoms with Crippen LogP contribution in [0.3, 0.4) is 0 Å². The van der Waals surface area contributed by atoms with Crippen molar-refractivity contribution in [3.63, 3.8) is 0 Å². The van der Waals surface area contributed by atoms with E-state index in [-0.39, 0.29) is 0 Å². The summed E-state index contributed by atoms with van der Waals surface area (Å²) in [6.07, 6.45) is 0. The van der Waals surface area contributed by atoms with Crippen LogP contribution in [0.2, 0.25) is 0 Å². The second-order valence-electron chi connectivity index (χ2n) is 2.08. The topological polar surface area (TPSA) is 62.2 Å². The molecule has 2 saturated heterocycles. The zero-order valence-electron chi connectivity index (χ0n) is 4.57. The molecule has 0 aliphatic carbocycles. The van der Waals surface area contributed by atoms with Crippen LogP contribution in [0.1, 0.15) is 0 Å². The standard InChI is InChI=1S/C4HNO4S/c6-10(7)1-2-3(8-2)4-5(10)9-4/h1H. The van der Waals surface area contributed by atoms with E-state index in [0.29, 0.717) is 17.4 Å². The summed E-state index contributed by atoms with van der Waals surface area (Å²) >= 11 is 0. The molecule has 0 aromatic carbocycles. The first kappa shape index (κ1) is 4.62. The molecule has 0 aromatic heterocycles. The summed E-state index contributed by atoms with van der Waals surface area (Å²) in [6.45, 7) is 0. The first-order chi connectivity index (χ1) is 4.68. The highest BCUT2D eigenvalue weighted by molar-refractivity contribution is 7.92. The van der Waals surface area contributed by atoms with Crippen molar-refractivity contribution in [3.05, 3.63) is 22.8 Å². The van der Waals surface area contributed by atoms with E-state index >= 15 is 0 Å². The molecule has 3 aliphatic rings. The molecule has 3 aliphatic heterocycles. The van der Waals surface area contributed by atoms with Gasteiger partial charge in [0.15, 0.2) is 5.76 Å². The van der Waals surface area contributed by atoms with Gasteiger partial charge in [-0.2, -0.15) is 8.42 Å². The van der Waals surface area contributed by atoms with E-state index in [1.54, 1.807) is 0 Å². The Hall–Kier alpha value is -1.17. The van der Waals surface area contributed by atoms with Gasteiger partial charge in [0.2, 0.25) is 5.76 Å². The van der Waals surface area contributed by atoms with E-state index in [9.17, 15) is 8.42 Å². The van der Waals surface area contributed by atoms with Crippen molar-refractivity contribution in [1.29, 1.82) is 0 Å². The van der Waals surface area contributed by atoms with Gasteiger partial charge in [0.25, 0.3) is 10.0 Å². The molecule has 0 bridgehead atoms. The van der Waals surface area contributed by atoms with Gasteiger partial charge in [-0.25, -0.2) is 0 Å². The first-order valence-electron chi connectivity index (χ1n) is 2.56. The summed E-state index contributed by atoms with van der Waals surface area (Å²) in [7, 11) is -3.33. The number of rotatable bonds is 0. The van der Waals surface area contributed by atoms with E-state index in [0.717, 1.165) is 9.88 Å². The molecule has 0 saturated carbocycles. The maximum atomic E-state index is 10.9. The van der Waals surface area contributed by atoms with Gasteiger partial charge in [0.05, 0.1) is 0 Å². The molecule has 0 unspecified atom stereocenters. The van der Waals surface area contributed by atoms with Crippen LogP contribution in [-0.2, 0) is 19.6 Å². The normalized spacial score (nSPS) is 29.2. The molecule has 0 radical (unpaired) electrons. The van der Waals surface area contributed by atoms with Crippen LogP contribution in [0.5, 0.6) is 0 Å². The van der Waals surface area contributed by atoms with E-state index in [1.165, 1.54) is 0 Å². The van der Waals surface area contributed by atoms with Crippen molar-refractivity contribution in [2.24, 2.45) is 0 Å². The molecular weight excluding hydrogens is 158 g/mol. The molecule has 0 atom stereocenters. The number of epoxide rings is 1. The van der Waals surface area contributed by atoms with Crippen molar-refractivity contribution >= 4 is 10.0 Å². The minimum absolute atomic E-state index is 0.317. The van der Waals surface area contributed by atoms with Gasteiger partial charge in [0.1, 0.15) is 5.41 Å². The summed E-state index contributed by atoms with van der Waals surface area (Å²) in [6, 6.07) is 0. The van der Waals surface area contributed by atoms with Crippen molar-refractivity contribution in [1.82, 2.24) is 4.47 Å². The summed E-state index contributed by atoms with van der Waals surface area (Å²) in [4.78, 5) is 4.59. The Labute approximate surface area is 56.1 Å². The van der Waals surface area contributed by atoms with Gasteiger partial charge in [-0.1, -0.05) is 4.47 Å². The number of nitrogens with zero attached hydrogens (tertiary/aromatic N) is 1. The maximum absolute atomic E-state index is 10.9. The molecule has 0 N–H and O–H groups in total. The average Bonchev–Trinajstić information content (AvgIpc) is 2.47. The van der Waals surface area contributed by atoms with Gasteiger partial charge in [-0.15, -0.1) is 0 Å². The Morgan fingerprint density at radius 2 is 2.30 bits per heavy atom. The van der Waals surface area contributed by atoms with Crippen molar-refractivity contribution in [2.45, 2.75) is 0 Å². The molecule has 5 nitrogen and oxygen atoms in total. The van der Waals surface area contributed by atoms with Crippen LogP contribution in [0, 0.1) is 0 Å². The molecule has 52 valence electrons. The van der Waals surface area contributed by atoms with E-state index in [2.05, 4.69) is 4.84 Å². The van der Waals surface area contributed by atoms with Crippen LogP contribution in [-0.4, -0.2) is 12.9 Å². The molecule has 6 heteroatoms. The lowest BCUT2D eigenvalue weighted by atomic mass is 10.6. The Kier molecular flexibility index (Phi) is 0.429. The molecule has 0 amide bonds. The molecule has 10 heavy (non-hydrogen) atoms. The van der Waals surface area contributed by atoms with Gasteiger partial charge in [0, 0.05) is 0 Å². The highest BCUT2D eigenvalue weighted by Gasteiger charge is 2.56. The molecule has 0 aromatic rings. The van der Waals surface area contributed by atoms with Gasteiger partial charge >= 0.3 is 5.88 Å². The van der Waals surface area contributed by atoms with E-state index in [4.69, 9.17) is 4.74 Å². The molecule has 0 spiro atoms. The van der Waals surface area contributed by atoms with E-state index in [1.807, 2.05) is 0 Å². The van der Waals surface area contributed by atoms with Crippen LogP contribution in [0.15, 0.2) is 22.8 Å². The lowest BCUT2D eigenvalue weighted by Crippen LogP contribution is -2.07. The average molecular weight is 159 g/mol. The minimum atomic E-state index is -3.33. The van der Waals surface area contributed by atoms with Crippen LogP contribution in [0.4, 0.5) is 0 Å². The van der Waals surface area contributed by atoms with Crippen molar-refractivity contribution < 1.29 is 18.0 Å². The second kappa shape index (κ2) is 0.929. The zero-order chi connectivity index (χ0) is 6.93. The SMILES string of the molecule is O=S1(=O)C=C2OC2=C2ON21. The van der Waals surface area contributed by atoms with Gasteiger partial charge in [-0.3, -0.25) is 0 Å². The fourth-order valence-corrected chi connectivity index (χ4v) is 1.85. The lowest BCUT2D eigenvalue weighted by molar-refractivity contribution is 0.301. The number of hydrogen-bond donors (Lipinski definition) is 0. The highest BCUT2D eigenvalue weighted by Crippen LogP contribution is 2.49. The predicted octanol–water partition coefficient (Wildman–Crippen LogP) is -0.382. The summed E-state index contributed by atoms with van der Waals surface area (Å²) in [5.41, 5.74) is 0. The number of sulfonamides is 1. The fourth-order valence-electron chi connectivity index (χ4n) is 0.844. The molecule has 2 fully saturated rings. The monoisotopic (exact) mass is 159 g/mol. The van der Waals surface area contributed by atoms with Gasteiger partial charge < -0.3 is 9.57 Å². The minimum Gasteiger partial charge on any atom is -0.442 e. The highest BCUT2D eigenvalue weighted by atomic mass is 32.2. The number of hydroxylamine groups is 1. The molecular formula is C4HNO4S.